The van der Waals surface area contributed by atoms with Crippen molar-refractivity contribution in [1.29, 1.82) is 0 Å². The van der Waals surface area contributed by atoms with E-state index in [0.29, 0.717) is 29.6 Å². The lowest BCUT2D eigenvalue weighted by Gasteiger charge is -2.19. The fourth-order valence-electron chi connectivity index (χ4n) is 3.48. The van der Waals surface area contributed by atoms with Crippen LogP contribution in [0.1, 0.15) is 31.9 Å². The molecule has 3 aromatic rings. The summed E-state index contributed by atoms with van der Waals surface area (Å²) in [5.74, 6) is 1.15. The summed E-state index contributed by atoms with van der Waals surface area (Å²) in [6, 6.07) is 24.5. The Labute approximate surface area is 204 Å². The molecule has 0 spiro atoms. The van der Waals surface area contributed by atoms with Gasteiger partial charge in [-0.05, 0) is 70.8 Å². The molecule has 0 N–H and O–H groups in total. The maximum Gasteiger partial charge on any atom is 0.298 e. The molecule has 0 aromatic heterocycles. The number of amides is 2. The molecule has 3 aromatic carbocycles. The van der Waals surface area contributed by atoms with Crippen molar-refractivity contribution in [2.24, 2.45) is 0 Å². The highest BCUT2D eigenvalue weighted by Crippen LogP contribution is 2.35. The molecule has 0 radical (unpaired) electrons. The number of nitrogens with zero attached hydrogens (tertiary/aromatic N) is 1. The summed E-state index contributed by atoms with van der Waals surface area (Å²) in [7, 11) is 0. The summed E-state index contributed by atoms with van der Waals surface area (Å²) in [6.07, 6.45) is 1.72. The molecule has 1 aliphatic rings. The lowest BCUT2D eigenvalue weighted by molar-refractivity contribution is -0.113. The third-order valence-electron chi connectivity index (χ3n) is 5.31. The van der Waals surface area contributed by atoms with Crippen molar-refractivity contribution < 1.29 is 19.1 Å². The van der Waals surface area contributed by atoms with Crippen LogP contribution < -0.4 is 14.4 Å². The molecule has 4 rings (SSSR count). The van der Waals surface area contributed by atoms with Gasteiger partial charge < -0.3 is 9.47 Å². The van der Waals surface area contributed by atoms with Gasteiger partial charge in [0, 0.05) is 0 Å². The third-order valence-corrected chi connectivity index (χ3v) is 6.17. The molecular weight excluding hydrogens is 446 g/mol. The van der Waals surface area contributed by atoms with E-state index in [1.807, 2.05) is 42.5 Å². The number of imide groups is 1. The Morgan fingerprint density at radius 1 is 0.824 bits per heavy atom. The number of ether oxygens (including phenoxy) is 2. The fourth-order valence-corrected chi connectivity index (χ4v) is 4.32. The summed E-state index contributed by atoms with van der Waals surface area (Å²) in [5.41, 5.74) is 2.72. The summed E-state index contributed by atoms with van der Waals surface area (Å²) in [5, 5.41) is -0.303. The van der Waals surface area contributed by atoms with Gasteiger partial charge in [0.2, 0.25) is 0 Å². The second-order valence-corrected chi connectivity index (χ2v) is 9.89. The highest BCUT2D eigenvalue weighted by molar-refractivity contribution is 8.19. The van der Waals surface area contributed by atoms with Crippen molar-refractivity contribution in [3.63, 3.8) is 0 Å². The maximum atomic E-state index is 12.8. The summed E-state index contributed by atoms with van der Waals surface area (Å²) in [4.78, 5) is 26.8. The number of para-hydroxylation sites is 1. The van der Waals surface area contributed by atoms with Crippen LogP contribution in [0.25, 0.3) is 6.08 Å². The molecule has 0 unspecified atom stereocenters. The molecule has 5 nitrogen and oxygen atoms in total. The van der Waals surface area contributed by atoms with Gasteiger partial charge in [0.1, 0.15) is 24.7 Å². The minimum absolute atomic E-state index is 0.108. The zero-order valence-corrected chi connectivity index (χ0v) is 20.3. The Bertz CT molecular complexity index is 1200. The first-order chi connectivity index (χ1) is 16.3. The molecule has 34 heavy (non-hydrogen) atoms. The quantitative estimate of drug-likeness (QED) is 0.283. The highest BCUT2D eigenvalue weighted by Gasteiger charge is 2.36. The Morgan fingerprint density at radius 2 is 1.50 bits per heavy atom. The van der Waals surface area contributed by atoms with Crippen LogP contribution in [0.5, 0.6) is 11.5 Å². The van der Waals surface area contributed by atoms with Crippen LogP contribution in [0.4, 0.5) is 10.5 Å². The van der Waals surface area contributed by atoms with Crippen LogP contribution in [-0.2, 0) is 10.2 Å². The first kappa shape index (κ1) is 23.6. The smallest absolute Gasteiger partial charge is 0.298 e. The number of carbonyl (C=O) groups excluding carboxylic acids is 2. The van der Waals surface area contributed by atoms with Crippen molar-refractivity contribution in [3.05, 3.63) is 94.9 Å². The molecule has 0 bridgehead atoms. The molecule has 174 valence electrons. The third kappa shape index (κ3) is 5.69. The average Bonchev–Trinajstić information content (AvgIpc) is 3.10. The molecule has 1 fully saturated rings. The van der Waals surface area contributed by atoms with Gasteiger partial charge in [0.15, 0.2) is 0 Å². The Balaban J connectivity index is 1.34. The number of anilines is 1. The Kier molecular flexibility index (Phi) is 7.08. The summed E-state index contributed by atoms with van der Waals surface area (Å²) < 4.78 is 11.6. The van der Waals surface area contributed by atoms with Gasteiger partial charge in [-0.1, -0.05) is 63.2 Å². The van der Waals surface area contributed by atoms with E-state index in [-0.39, 0.29) is 16.6 Å². The van der Waals surface area contributed by atoms with Gasteiger partial charge in [-0.15, -0.1) is 0 Å². The number of hydrogen-bond acceptors (Lipinski definition) is 5. The number of thioether (sulfide) groups is 1. The van der Waals surface area contributed by atoms with E-state index in [9.17, 15) is 9.59 Å². The monoisotopic (exact) mass is 473 g/mol. The number of rotatable bonds is 7. The van der Waals surface area contributed by atoms with Crippen molar-refractivity contribution in [1.82, 2.24) is 0 Å². The zero-order chi connectivity index (χ0) is 24.1. The van der Waals surface area contributed by atoms with Crippen LogP contribution in [0.3, 0.4) is 0 Å². The molecule has 0 atom stereocenters. The van der Waals surface area contributed by atoms with E-state index >= 15 is 0 Å². The van der Waals surface area contributed by atoms with Crippen LogP contribution in [0, 0.1) is 0 Å². The number of hydrogen-bond donors (Lipinski definition) is 0. The molecule has 1 saturated heterocycles. The predicted octanol–water partition coefficient (Wildman–Crippen LogP) is 6.68. The standard InChI is InChI=1S/C28H27NO4S/c1-28(2,3)21-12-14-23(15-13-21)32-16-17-33-24-11-7-8-20(18-24)19-25-26(30)29(27(31)34-25)22-9-5-4-6-10-22/h4-15,18-19H,16-17H2,1-3H3/b25-19+. The van der Waals surface area contributed by atoms with Gasteiger partial charge in [0.05, 0.1) is 10.6 Å². The second kappa shape index (κ2) is 10.2. The molecular formula is C28H27NO4S. The van der Waals surface area contributed by atoms with Crippen LogP contribution in [0.15, 0.2) is 83.8 Å². The fraction of sp³-hybridized carbons (Fsp3) is 0.214. The van der Waals surface area contributed by atoms with E-state index in [4.69, 9.17) is 9.47 Å². The van der Waals surface area contributed by atoms with Gasteiger partial charge in [-0.2, -0.15) is 0 Å². The first-order valence-corrected chi connectivity index (χ1v) is 11.9. The van der Waals surface area contributed by atoms with Gasteiger partial charge in [-0.25, -0.2) is 4.90 Å². The van der Waals surface area contributed by atoms with E-state index in [1.54, 1.807) is 30.3 Å². The van der Waals surface area contributed by atoms with Gasteiger partial charge >= 0.3 is 0 Å². The van der Waals surface area contributed by atoms with E-state index in [2.05, 4.69) is 32.9 Å². The summed E-state index contributed by atoms with van der Waals surface area (Å²) >= 11 is 0.936. The van der Waals surface area contributed by atoms with Crippen LogP contribution >= 0.6 is 11.8 Å². The van der Waals surface area contributed by atoms with Crippen molar-refractivity contribution >= 4 is 34.7 Å². The van der Waals surface area contributed by atoms with Crippen molar-refractivity contribution in [2.45, 2.75) is 26.2 Å². The summed E-state index contributed by atoms with van der Waals surface area (Å²) in [6.45, 7) is 7.34. The average molecular weight is 474 g/mol. The second-order valence-electron chi connectivity index (χ2n) is 8.90. The number of carbonyl (C=O) groups is 2. The lowest BCUT2D eigenvalue weighted by atomic mass is 9.87. The molecule has 2 amide bonds. The SMILES string of the molecule is CC(C)(C)c1ccc(OCCOc2cccc(/C=C3/SC(=O)N(c4ccccc4)C3=O)c2)cc1. The van der Waals surface area contributed by atoms with Crippen molar-refractivity contribution in [3.8, 4) is 11.5 Å². The lowest BCUT2D eigenvalue weighted by Crippen LogP contribution is -2.27. The van der Waals surface area contributed by atoms with Crippen LogP contribution in [-0.4, -0.2) is 24.4 Å². The predicted molar refractivity (Wildman–Crippen MR) is 137 cm³/mol. The molecule has 0 saturated carbocycles. The molecule has 6 heteroatoms. The Morgan fingerprint density at radius 3 is 2.18 bits per heavy atom. The molecule has 1 aliphatic heterocycles. The molecule has 0 aliphatic carbocycles. The van der Waals surface area contributed by atoms with Gasteiger partial charge in [-0.3, -0.25) is 9.59 Å². The first-order valence-electron chi connectivity index (χ1n) is 11.1. The molecule has 1 heterocycles. The van der Waals surface area contributed by atoms with Crippen LogP contribution in [0.2, 0.25) is 0 Å². The Hall–Kier alpha value is -3.51. The highest BCUT2D eigenvalue weighted by atomic mass is 32.2. The van der Waals surface area contributed by atoms with E-state index in [1.165, 1.54) is 10.5 Å². The van der Waals surface area contributed by atoms with Gasteiger partial charge in [0.25, 0.3) is 11.1 Å². The zero-order valence-electron chi connectivity index (χ0n) is 19.5. The largest absolute Gasteiger partial charge is 0.490 e. The van der Waals surface area contributed by atoms with Crippen molar-refractivity contribution in [2.75, 3.05) is 18.1 Å². The topological polar surface area (TPSA) is 55.8 Å². The minimum Gasteiger partial charge on any atom is -0.490 e. The minimum atomic E-state index is -0.321. The maximum absolute atomic E-state index is 12.8. The van der Waals surface area contributed by atoms with E-state index in [0.717, 1.165) is 23.1 Å². The number of benzene rings is 3. The normalized spacial score (nSPS) is 15.1. The van der Waals surface area contributed by atoms with E-state index < -0.39 is 0 Å².